The molecule has 3 N–H and O–H groups in total. The maximum atomic E-state index is 12.1. The van der Waals surface area contributed by atoms with Crippen LogP contribution in [0.2, 0.25) is 5.02 Å². The molecule has 0 aliphatic heterocycles. The Morgan fingerprint density at radius 3 is 2.43 bits per heavy atom. The van der Waals surface area contributed by atoms with E-state index < -0.39 is 0 Å². The first-order valence-electron chi connectivity index (χ1n) is 8.93. The van der Waals surface area contributed by atoms with Crippen LogP contribution >= 0.6 is 35.6 Å². The number of hydrogen-bond donors (Lipinski definition) is 3. The lowest BCUT2D eigenvalue weighted by Crippen LogP contribution is -2.40. The predicted molar refractivity (Wildman–Crippen MR) is 125 cm³/mol. The van der Waals surface area contributed by atoms with Gasteiger partial charge in [0.25, 0.3) is 5.91 Å². The topological polar surface area (TPSA) is 74.8 Å². The van der Waals surface area contributed by atoms with Gasteiger partial charge in [-0.25, -0.2) is 0 Å². The molecule has 0 saturated heterocycles. The number of benzene rings is 2. The van der Waals surface area contributed by atoms with Gasteiger partial charge in [-0.1, -0.05) is 41.9 Å². The highest BCUT2D eigenvalue weighted by Gasteiger charge is 2.08. The fourth-order valence-corrected chi connectivity index (χ4v) is 2.50. The number of carbonyl (C=O) groups is 1. The smallest absolute Gasteiger partial charge is 0.252 e. The second-order valence-electron chi connectivity index (χ2n) is 5.58. The molecule has 0 aliphatic carbocycles. The van der Waals surface area contributed by atoms with E-state index in [1.54, 1.807) is 24.3 Å². The quantitative estimate of drug-likeness (QED) is 0.207. The van der Waals surface area contributed by atoms with E-state index in [9.17, 15) is 4.79 Å². The van der Waals surface area contributed by atoms with Crippen LogP contribution in [0.4, 0.5) is 0 Å². The maximum absolute atomic E-state index is 12.1. The largest absolute Gasteiger partial charge is 0.492 e. The molecule has 0 heterocycles. The van der Waals surface area contributed by atoms with Gasteiger partial charge in [0.1, 0.15) is 12.4 Å². The first-order valence-corrected chi connectivity index (χ1v) is 9.31. The van der Waals surface area contributed by atoms with Crippen molar-refractivity contribution in [2.24, 2.45) is 4.99 Å². The summed E-state index contributed by atoms with van der Waals surface area (Å²) in [6.07, 6.45) is 0. The predicted octanol–water partition coefficient (Wildman–Crippen LogP) is 3.32. The number of nitrogens with one attached hydrogen (secondary N) is 3. The van der Waals surface area contributed by atoms with Gasteiger partial charge in [-0.15, -0.1) is 24.0 Å². The Balaban J connectivity index is 0.00000392. The molecule has 0 aromatic heterocycles. The Hall–Kier alpha value is -2.00. The second-order valence-corrected chi connectivity index (χ2v) is 5.99. The highest BCUT2D eigenvalue weighted by molar-refractivity contribution is 14.0. The van der Waals surface area contributed by atoms with Crippen LogP contribution in [0.25, 0.3) is 0 Å². The van der Waals surface area contributed by atoms with Gasteiger partial charge < -0.3 is 20.7 Å². The van der Waals surface area contributed by atoms with E-state index >= 15 is 0 Å². The van der Waals surface area contributed by atoms with Crippen molar-refractivity contribution in [3.05, 3.63) is 65.2 Å². The van der Waals surface area contributed by atoms with E-state index in [1.165, 1.54) is 0 Å². The molecular formula is C20H26ClIN4O2. The molecule has 0 bridgehead atoms. The fourth-order valence-electron chi connectivity index (χ4n) is 2.27. The van der Waals surface area contributed by atoms with Crippen LogP contribution in [0.3, 0.4) is 0 Å². The number of ether oxygens (including phenoxy) is 1. The molecule has 0 atom stereocenters. The minimum absolute atomic E-state index is 0. The molecule has 6 nitrogen and oxygen atoms in total. The molecule has 0 radical (unpaired) electrons. The summed E-state index contributed by atoms with van der Waals surface area (Å²) in [6, 6.07) is 16.6. The molecule has 2 aromatic carbocycles. The number of amides is 1. The SMILES string of the molecule is CCNC(=NCCNC(=O)c1ccccc1Cl)NCCOc1ccccc1.I. The minimum Gasteiger partial charge on any atom is -0.492 e. The number of hydrogen-bond acceptors (Lipinski definition) is 3. The van der Waals surface area contributed by atoms with Crippen LogP contribution in [-0.2, 0) is 0 Å². The van der Waals surface area contributed by atoms with E-state index in [0.717, 1.165) is 12.3 Å². The van der Waals surface area contributed by atoms with Crippen molar-refractivity contribution < 1.29 is 9.53 Å². The second kappa shape index (κ2) is 14.1. The lowest BCUT2D eigenvalue weighted by Gasteiger charge is -2.12. The van der Waals surface area contributed by atoms with Gasteiger partial charge in [-0.2, -0.15) is 0 Å². The van der Waals surface area contributed by atoms with Gasteiger partial charge in [0.15, 0.2) is 5.96 Å². The molecule has 2 aromatic rings. The number of guanidine groups is 1. The molecule has 0 saturated carbocycles. The molecule has 2 rings (SSSR count). The van der Waals surface area contributed by atoms with E-state index in [0.29, 0.717) is 42.8 Å². The number of halogens is 2. The van der Waals surface area contributed by atoms with Crippen molar-refractivity contribution in [2.75, 3.05) is 32.8 Å². The summed E-state index contributed by atoms with van der Waals surface area (Å²) in [4.78, 5) is 16.5. The third-order valence-corrected chi connectivity index (χ3v) is 3.87. The van der Waals surface area contributed by atoms with Gasteiger partial charge in [-0.3, -0.25) is 9.79 Å². The Kier molecular flexibility index (Phi) is 12.1. The molecular weight excluding hydrogens is 491 g/mol. The van der Waals surface area contributed by atoms with Crippen LogP contribution in [0.15, 0.2) is 59.6 Å². The Morgan fingerprint density at radius 2 is 1.71 bits per heavy atom. The fraction of sp³-hybridized carbons (Fsp3) is 0.300. The zero-order chi connectivity index (χ0) is 19.3. The van der Waals surface area contributed by atoms with Crippen LogP contribution < -0.4 is 20.7 Å². The van der Waals surface area contributed by atoms with Crippen molar-refractivity contribution in [2.45, 2.75) is 6.92 Å². The van der Waals surface area contributed by atoms with Crippen molar-refractivity contribution in [3.63, 3.8) is 0 Å². The molecule has 152 valence electrons. The van der Waals surface area contributed by atoms with E-state index in [1.807, 2.05) is 37.3 Å². The third-order valence-electron chi connectivity index (χ3n) is 3.54. The van der Waals surface area contributed by atoms with E-state index in [-0.39, 0.29) is 29.9 Å². The highest BCUT2D eigenvalue weighted by atomic mass is 127. The van der Waals surface area contributed by atoms with Gasteiger partial charge in [-0.05, 0) is 31.2 Å². The van der Waals surface area contributed by atoms with Gasteiger partial charge >= 0.3 is 0 Å². The average Bonchev–Trinajstić information content (AvgIpc) is 2.69. The standard InChI is InChI=1S/C20H25ClN4O2.HI/c1-2-22-20(25-14-15-27-16-8-4-3-5-9-16)24-13-12-23-19(26)17-10-6-7-11-18(17)21;/h3-11H,2,12-15H2,1H3,(H,23,26)(H2,22,24,25);1H. The number of para-hydroxylation sites is 1. The monoisotopic (exact) mass is 516 g/mol. The van der Waals surface area contributed by atoms with Gasteiger partial charge in [0.05, 0.1) is 23.7 Å². The summed E-state index contributed by atoms with van der Waals surface area (Å²) < 4.78 is 5.64. The summed E-state index contributed by atoms with van der Waals surface area (Å²) in [6.45, 7) is 4.75. The van der Waals surface area contributed by atoms with Crippen LogP contribution in [0.1, 0.15) is 17.3 Å². The lowest BCUT2D eigenvalue weighted by atomic mass is 10.2. The normalized spacial score (nSPS) is 10.6. The first kappa shape index (κ1) is 24.0. The molecule has 0 fully saturated rings. The molecule has 8 heteroatoms. The average molecular weight is 517 g/mol. The summed E-state index contributed by atoms with van der Waals surface area (Å²) in [5.74, 6) is 1.31. The Labute approximate surface area is 188 Å². The zero-order valence-electron chi connectivity index (χ0n) is 15.8. The first-order chi connectivity index (χ1) is 13.2. The molecule has 0 unspecified atom stereocenters. The summed E-state index contributed by atoms with van der Waals surface area (Å²) in [5.41, 5.74) is 0.464. The zero-order valence-corrected chi connectivity index (χ0v) is 18.9. The van der Waals surface area contributed by atoms with Crippen molar-refractivity contribution >= 4 is 47.4 Å². The molecule has 0 spiro atoms. The van der Waals surface area contributed by atoms with Crippen LogP contribution in [0, 0.1) is 0 Å². The summed E-state index contributed by atoms with van der Waals surface area (Å²) in [5, 5.41) is 9.61. The highest BCUT2D eigenvalue weighted by Crippen LogP contribution is 2.14. The van der Waals surface area contributed by atoms with Crippen molar-refractivity contribution in [3.8, 4) is 5.75 Å². The number of nitrogens with zero attached hydrogens (tertiary/aromatic N) is 1. The van der Waals surface area contributed by atoms with Crippen LogP contribution in [0.5, 0.6) is 5.75 Å². The van der Waals surface area contributed by atoms with Crippen molar-refractivity contribution in [1.82, 2.24) is 16.0 Å². The van der Waals surface area contributed by atoms with E-state index in [4.69, 9.17) is 16.3 Å². The summed E-state index contributed by atoms with van der Waals surface area (Å²) >= 11 is 6.02. The minimum atomic E-state index is -0.204. The van der Waals surface area contributed by atoms with Gasteiger partial charge in [0, 0.05) is 13.1 Å². The number of carbonyl (C=O) groups excluding carboxylic acids is 1. The van der Waals surface area contributed by atoms with Gasteiger partial charge in [0.2, 0.25) is 0 Å². The Bertz CT molecular complexity index is 744. The molecule has 1 amide bonds. The maximum Gasteiger partial charge on any atom is 0.252 e. The number of rotatable bonds is 9. The van der Waals surface area contributed by atoms with Crippen LogP contribution in [-0.4, -0.2) is 44.7 Å². The third kappa shape index (κ3) is 8.79. The Morgan fingerprint density at radius 1 is 1.00 bits per heavy atom. The molecule has 0 aliphatic rings. The lowest BCUT2D eigenvalue weighted by molar-refractivity contribution is 0.0955. The molecule has 28 heavy (non-hydrogen) atoms. The van der Waals surface area contributed by atoms with Crippen molar-refractivity contribution in [1.29, 1.82) is 0 Å². The summed E-state index contributed by atoms with van der Waals surface area (Å²) in [7, 11) is 0. The number of aliphatic imine (C=N–C) groups is 1. The van der Waals surface area contributed by atoms with E-state index in [2.05, 4.69) is 20.9 Å².